The number of phenolic OH excluding ortho intramolecular Hbond substituents is 1. The number of para-hydroxylation sites is 1. The first-order valence-electron chi connectivity index (χ1n) is 6.61. The zero-order valence-electron chi connectivity index (χ0n) is 10.9. The van der Waals surface area contributed by atoms with E-state index < -0.39 is 0 Å². The van der Waals surface area contributed by atoms with Crippen LogP contribution in [0.2, 0.25) is 0 Å². The van der Waals surface area contributed by atoms with Crippen LogP contribution < -0.4 is 0 Å². The van der Waals surface area contributed by atoms with Crippen molar-refractivity contribution in [1.82, 2.24) is 9.80 Å². The molecule has 1 N–H and O–H groups in total. The van der Waals surface area contributed by atoms with Gasteiger partial charge in [0.2, 0.25) is 0 Å². The fourth-order valence-corrected chi connectivity index (χ4v) is 2.82. The minimum absolute atomic E-state index is 0.383. The highest BCUT2D eigenvalue weighted by molar-refractivity contribution is 9.10. The number of hydrogen-bond acceptors (Lipinski definition) is 3. The van der Waals surface area contributed by atoms with Crippen LogP contribution in [0.5, 0.6) is 5.75 Å². The normalized spacial score (nSPS) is 18.1. The van der Waals surface area contributed by atoms with Crippen LogP contribution in [-0.2, 0) is 6.54 Å². The molecule has 0 aliphatic carbocycles. The Morgan fingerprint density at radius 1 is 1.17 bits per heavy atom. The maximum Gasteiger partial charge on any atom is 0.134 e. The quantitative estimate of drug-likeness (QED) is 0.926. The fourth-order valence-electron chi connectivity index (χ4n) is 2.42. The molecule has 100 valence electrons. The lowest BCUT2D eigenvalue weighted by Gasteiger charge is -2.34. The van der Waals surface area contributed by atoms with E-state index in [1.807, 2.05) is 18.2 Å². The topological polar surface area (TPSA) is 26.7 Å². The van der Waals surface area contributed by atoms with Crippen molar-refractivity contribution in [3.63, 3.8) is 0 Å². The first-order valence-corrected chi connectivity index (χ1v) is 7.41. The molecule has 1 aromatic rings. The van der Waals surface area contributed by atoms with E-state index in [-0.39, 0.29) is 0 Å². The van der Waals surface area contributed by atoms with E-state index in [1.54, 1.807) is 0 Å². The summed E-state index contributed by atoms with van der Waals surface area (Å²) in [6.07, 6.45) is 1.23. The van der Waals surface area contributed by atoms with Crippen LogP contribution in [0.1, 0.15) is 18.9 Å². The lowest BCUT2D eigenvalue weighted by atomic mass is 10.1. The highest BCUT2D eigenvalue weighted by Crippen LogP contribution is 2.28. The van der Waals surface area contributed by atoms with E-state index in [2.05, 4.69) is 32.7 Å². The number of nitrogens with zero attached hydrogens (tertiary/aromatic N) is 2. The Labute approximate surface area is 118 Å². The summed E-state index contributed by atoms with van der Waals surface area (Å²) in [5.41, 5.74) is 1.01. The summed E-state index contributed by atoms with van der Waals surface area (Å²) in [5, 5.41) is 9.98. The summed E-state index contributed by atoms with van der Waals surface area (Å²) < 4.78 is 0.782. The highest BCUT2D eigenvalue weighted by atomic mass is 79.9. The SMILES string of the molecule is CCCN1CCN(Cc2cccc(Br)c2O)CC1. The van der Waals surface area contributed by atoms with Crippen LogP contribution in [0, 0.1) is 0 Å². The van der Waals surface area contributed by atoms with E-state index in [4.69, 9.17) is 0 Å². The number of phenols is 1. The Kier molecular flexibility index (Phi) is 5.03. The monoisotopic (exact) mass is 312 g/mol. The van der Waals surface area contributed by atoms with Gasteiger partial charge in [0.15, 0.2) is 0 Å². The molecule has 0 amide bonds. The van der Waals surface area contributed by atoms with Gasteiger partial charge in [-0.25, -0.2) is 0 Å². The molecular formula is C14H21BrN2O. The molecule has 1 heterocycles. The lowest BCUT2D eigenvalue weighted by Crippen LogP contribution is -2.45. The molecular weight excluding hydrogens is 292 g/mol. The first kappa shape index (κ1) is 13.8. The Morgan fingerprint density at radius 2 is 1.83 bits per heavy atom. The zero-order chi connectivity index (χ0) is 13.0. The van der Waals surface area contributed by atoms with Gasteiger partial charge in [0.1, 0.15) is 5.75 Å². The van der Waals surface area contributed by atoms with Gasteiger partial charge in [-0.05, 0) is 35.0 Å². The maximum absolute atomic E-state index is 9.98. The number of piperazine rings is 1. The number of rotatable bonds is 4. The maximum atomic E-state index is 9.98. The van der Waals surface area contributed by atoms with Crippen molar-refractivity contribution in [3.05, 3.63) is 28.2 Å². The van der Waals surface area contributed by atoms with E-state index >= 15 is 0 Å². The molecule has 0 bridgehead atoms. The van der Waals surface area contributed by atoms with Crippen LogP contribution in [0.15, 0.2) is 22.7 Å². The van der Waals surface area contributed by atoms with Gasteiger partial charge in [-0.3, -0.25) is 4.90 Å². The number of benzene rings is 1. The molecule has 2 rings (SSSR count). The summed E-state index contributed by atoms with van der Waals surface area (Å²) in [7, 11) is 0. The van der Waals surface area contributed by atoms with Crippen molar-refractivity contribution in [2.24, 2.45) is 0 Å². The molecule has 1 aliphatic rings. The van der Waals surface area contributed by atoms with E-state index in [1.165, 1.54) is 13.0 Å². The Bertz CT molecular complexity index is 389. The van der Waals surface area contributed by atoms with Crippen LogP contribution in [-0.4, -0.2) is 47.6 Å². The smallest absolute Gasteiger partial charge is 0.134 e. The second-order valence-electron chi connectivity index (χ2n) is 4.87. The summed E-state index contributed by atoms with van der Waals surface area (Å²) in [5.74, 6) is 0.383. The van der Waals surface area contributed by atoms with Crippen molar-refractivity contribution >= 4 is 15.9 Å². The van der Waals surface area contributed by atoms with Crippen molar-refractivity contribution in [1.29, 1.82) is 0 Å². The molecule has 3 nitrogen and oxygen atoms in total. The molecule has 1 fully saturated rings. The molecule has 0 saturated carbocycles. The zero-order valence-corrected chi connectivity index (χ0v) is 12.5. The predicted octanol–water partition coefficient (Wildman–Crippen LogP) is 2.68. The Morgan fingerprint density at radius 3 is 2.50 bits per heavy atom. The second kappa shape index (κ2) is 6.55. The van der Waals surface area contributed by atoms with Crippen molar-refractivity contribution in [3.8, 4) is 5.75 Å². The average molecular weight is 313 g/mol. The Balaban J connectivity index is 1.90. The van der Waals surface area contributed by atoms with Crippen LogP contribution in [0.4, 0.5) is 0 Å². The van der Waals surface area contributed by atoms with Crippen LogP contribution >= 0.6 is 15.9 Å². The number of halogens is 1. The fraction of sp³-hybridized carbons (Fsp3) is 0.571. The van der Waals surface area contributed by atoms with E-state index in [0.29, 0.717) is 5.75 Å². The van der Waals surface area contributed by atoms with Crippen LogP contribution in [0.25, 0.3) is 0 Å². The summed E-state index contributed by atoms with van der Waals surface area (Å²) in [6.45, 7) is 8.73. The van der Waals surface area contributed by atoms with Gasteiger partial charge in [-0.1, -0.05) is 19.1 Å². The van der Waals surface area contributed by atoms with Crippen molar-refractivity contribution in [2.75, 3.05) is 32.7 Å². The summed E-state index contributed by atoms with van der Waals surface area (Å²) >= 11 is 3.36. The number of aromatic hydroxyl groups is 1. The van der Waals surface area contributed by atoms with Gasteiger partial charge < -0.3 is 10.0 Å². The minimum Gasteiger partial charge on any atom is -0.506 e. The second-order valence-corrected chi connectivity index (χ2v) is 5.72. The number of hydrogen-bond donors (Lipinski definition) is 1. The molecule has 18 heavy (non-hydrogen) atoms. The molecule has 1 aromatic carbocycles. The molecule has 1 aliphatic heterocycles. The van der Waals surface area contributed by atoms with Gasteiger partial charge in [-0.15, -0.1) is 0 Å². The third kappa shape index (κ3) is 3.46. The standard InChI is InChI=1S/C14H21BrN2O/c1-2-6-16-7-9-17(10-8-16)11-12-4-3-5-13(15)14(12)18/h3-5,18H,2,6-11H2,1H3. The molecule has 4 heteroatoms. The first-order chi connectivity index (χ1) is 8.70. The summed E-state index contributed by atoms with van der Waals surface area (Å²) in [6, 6.07) is 5.85. The van der Waals surface area contributed by atoms with Crippen LogP contribution in [0.3, 0.4) is 0 Å². The Hall–Kier alpha value is -0.580. The molecule has 0 spiro atoms. The van der Waals surface area contributed by atoms with Gasteiger partial charge in [0, 0.05) is 38.3 Å². The third-order valence-corrected chi connectivity index (χ3v) is 4.11. The van der Waals surface area contributed by atoms with Crippen molar-refractivity contribution < 1.29 is 5.11 Å². The van der Waals surface area contributed by atoms with Gasteiger partial charge in [0.25, 0.3) is 0 Å². The minimum atomic E-state index is 0.383. The van der Waals surface area contributed by atoms with Gasteiger partial charge >= 0.3 is 0 Å². The largest absolute Gasteiger partial charge is 0.506 e. The van der Waals surface area contributed by atoms with E-state index in [9.17, 15) is 5.11 Å². The van der Waals surface area contributed by atoms with Gasteiger partial charge in [-0.2, -0.15) is 0 Å². The van der Waals surface area contributed by atoms with Crippen molar-refractivity contribution in [2.45, 2.75) is 19.9 Å². The molecule has 0 radical (unpaired) electrons. The predicted molar refractivity (Wildman–Crippen MR) is 77.8 cm³/mol. The average Bonchev–Trinajstić information content (AvgIpc) is 2.38. The molecule has 0 aromatic heterocycles. The van der Waals surface area contributed by atoms with E-state index in [0.717, 1.165) is 42.8 Å². The molecule has 0 unspecified atom stereocenters. The van der Waals surface area contributed by atoms with Gasteiger partial charge in [0.05, 0.1) is 4.47 Å². The summed E-state index contributed by atoms with van der Waals surface area (Å²) in [4.78, 5) is 4.92. The molecule has 1 saturated heterocycles. The third-order valence-electron chi connectivity index (χ3n) is 3.47. The molecule has 0 atom stereocenters. The highest BCUT2D eigenvalue weighted by Gasteiger charge is 2.17. The lowest BCUT2D eigenvalue weighted by molar-refractivity contribution is 0.126.